The molecule has 2 aromatic rings. The van der Waals surface area contributed by atoms with E-state index in [1.54, 1.807) is 50.6 Å². The molecule has 0 radical (unpaired) electrons. The lowest BCUT2D eigenvalue weighted by Gasteiger charge is -2.07. The van der Waals surface area contributed by atoms with Crippen LogP contribution in [0.4, 0.5) is 0 Å². The molecule has 0 spiro atoms. The summed E-state index contributed by atoms with van der Waals surface area (Å²) < 4.78 is 15.7. The van der Waals surface area contributed by atoms with E-state index in [1.807, 2.05) is 12.1 Å². The summed E-state index contributed by atoms with van der Waals surface area (Å²) >= 11 is 5.87. The van der Waals surface area contributed by atoms with Crippen molar-refractivity contribution in [3.8, 4) is 11.5 Å². The largest absolute Gasteiger partial charge is 0.497 e. The Kier molecular flexibility index (Phi) is 5.05. The highest BCUT2D eigenvalue weighted by molar-refractivity contribution is 6.30. The molecule has 0 N–H and O–H groups in total. The van der Waals surface area contributed by atoms with Crippen molar-refractivity contribution in [1.29, 1.82) is 0 Å². The minimum absolute atomic E-state index is 0.229. The van der Waals surface area contributed by atoms with Crippen molar-refractivity contribution in [3.63, 3.8) is 0 Å². The standard InChI is InChI=1S/C19H16ClNO4/c1-23-15-8-5-13(17(11-15)24-2)10-16-19(22)25-18(21-16)9-12-3-6-14(20)7-4-12/h3-8,10-11H,9H2,1-2H3/b16-10+. The number of ether oxygens (including phenoxy) is 3. The molecule has 1 aliphatic heterocycles. The molecule has 1 aliphatic rings. The summed E-state index contributed by atoms with van der Waals surface area (Å²) in [4.78, 5) is 16.4. The highest BCUT2D eigenvalue weighted by Crippen LogP contribution is 2.28. The van der Waals surface area contributed by atoms with Crippen molar-refractivity contribution < 1.29 is 19.0 Å². The molecule has 0 aliphatic carbocycles. The quantitative estimate of drug-likeness (QED) is 0.601. The van der Waals surface area contributed by atoms with E-state index in [4.69, 9.17) is 25.8 Å². The van der Waals surface area contributed by atoms with E-state index >= 15 is 0 Å². The summed E-state index contributed by atoms with van der Waals surface area (Å²) in [6, 6.07) is 12.6. The van der Waals surface area contributed by atoms with E-state index in [1.165, 1.54) is 0 Å². The van der Waals surface area contributed by atoms with Gasteiger partial charge in [-0.2, -0.15) is 0 Å². The van der Waals surface area contributed by atoms with E-state index < -0.39 is 5.97 Å². The number of halogens is 1. The summed E-state index contributed by atoms with van der Waals surface area (Å²) in [5.74, 6) is 1.12. The molecule has 0 saturated carbocycles. The normalized spacial score (nSPS) is 15.1. The van der Waals surface area contributed by atoms with Crippen LogP contribution in [0.2, 0.25) is 5.02 Å². The van der Waals surface area contributed by atoms with Crippen LogP contribution in [0.25, 0.3) is 6.08 Å². The molecule has 25 heavy (non-hydrogen) atoms. The molecule has 0 saturated heterocycles. The van der Waals surface area contributed by atoms with Gasteiger partial charge in [0.2, 0.25) is 5.90 Å². The number of methoxy groups -OCH3 is 2. The fraction of sp³-hybridized carbons (Fsp3) is 0.158. The second-order valence-electron chi connectivity index (χ2n) is 5.34. The van der Waals surface area contributed by atoms with Crippen molar-refractivity contribution in [2.24, 2.45) is 4.99 Å². The third-order valence-corrected chi connectivity index (χ3v) is 3.92. The predicted octanol–water partition coefficient (Wildman–Crippen LogP) is 3.90. The number of rotatable bonds is 5. The first kappa shape index (κ1) is 17.0. The number of carbonyl (C=O) groups excluding carboxylic acids is 1. The van der Waals surface area contributed by atoms with Gasteiger partial charge in [0, 0.05) is 23.1 Å². The number of hydrogen-bond acceptors (Lipinski definition) is 5. The molecule has 2 aromatic carbocycles. The number of carbonyl (C=O) groups is 1. The first-order valence-electron chi connectivity index (χ1n) is 7.57. The monoisotopic (exact) mass is 357 g/mol. The van der Waals surface area contributed by atoms with Crippen molar-refractivity contribution >= 4 is 29.5 Å². The molecule has 0 aromatic heterocycles. The van der Waals surface area contributed by atoms with Gasteiger partial charge in [-0.05, 0) is 35.9 Å². The lowest BCUT2D eigenvalue weighted by molar-refractivity contribution is -0.130. The lowest BCUT2D eigenvalue weighted by atomic mass is 10.1. The average molecular weight is 358 g/mol. The molecular weight excluding hydrogens is 342 g/mol. The zero-order valence-corrected chi connectivity index (χ0v) is 14.5. The minimum Gasteiger partial charge on any atom is -0.497 e. The number of nitrogens with zero attached hydrogens (tertiary/aromatic N) is 1. The molecule has 0 fully saturated rings. The molecule has 6 heteroatoms. The van der Waals surface area contributed by atoms with Crippen LogP contribution < -0.4 is 9.47 Å². The highest BCUT2D eigenvalue weighted by Gasteiger charge is 2.23. The number of aliphatic imine (C=N–C) groups is 1. The molecule has 0 atom stereocenters. The van der Waals surface area contributed by atoms with Gasteiger partial charge in [0.15, 0.2) is 5.70 Å². The van der Waals surface area contributed by atoms with Gasteiger partial charge in [0.25, 0.3) is 0 Å². The summed E-state index contributed by atoms with van der Waals surface area (Å²) in [6.07, 6.45) is 2.05. The first-order chi connectivity index (χ1) is 12.1. The van der Waals surface area contributed by atoms with Crippen molar-refractivity contribution in [1.82, 2.24) is 0 Å². The lowest BCUT2D eigenvalue weighted by Crippen LogP contribution is -2.06. The van der Waals surface area contributed by atoms with E-state index in [0.717, 1.165) is 5.56 Å². The van der Waals surface area contributed by atoms with E-state index in [-0.39, 0.29) is 5.70 Å². The van der Waals surface area contributed by atoms with Crippen LogP contribution >= 0.6 is 11.6 Å². The molecule has 3 rings (SSSR count). The van der Waals surface area contributed by atoms with Gasteiger partial charge < -0.3 is 14.2 Å². The minimum atomic E-state index is -0.484. The average Bonchev–Trinajstić information content (AvgIpc) is 2.96. The topological polar surface area (TPSA) is 57.1 Å². The van der Waals surface area contributed by atoms with Gasteiger partial charge in [-0.1, -0.05) is 23.7 Å². The van der Waals surface area contributed by atoms with Gasteiger partial charge in [-0.25, -0.2) is 9.79 Å². The summed E-state index contributed by atoms with van der Waals surface area (Å²) in [6.45, 7) is 0. The SMILES string of the molecule is COc1ccc(/C=C2/N=C(Cc3ccc(Cl)cc3)OC2=O)c(OC)c1. The fourth-order valence-corrected chi connectivity index (χ4v) is 2.52. The van der Waals surface area contributed by atoms with Crippen LogP contribution in [-0.4, -0.2) is 26.1 Å². The number of benzene rings is 2. The molecule has 0 bridgehead atoms. The van der Waals surface area contributed by atoms with Crippen LogP contribution in [0, 0.1) is 0 Å². The zero-order valence-electron chi connectivity index (χ0n) is 13.8. The Labute approximate surface area is 150 Å². The summed E-state index contributed by atoms with van der Waals surface area (Å²) in [5, 5.41) is 0.654. The number of esters is 1. The maximum atomic E-state index is 12.1. The zero-order chi connectivity index (χ0) is 17.8. The van der Waals surface area contributed by atoms with Crippen LogP contribution in [0.15, 0.2) is 53.2 Å². The molecule has 5 nitrogen and oxygen atoms in total. The second kappa shape index (κ2) is 7.40. The Balaban J connectivity index is 1.84. The van der Waals surface area contributed by atoms with Gasteiger partial charge in [-0.15, -0.1) is 0 Å². The van der Waals surface area contributed by atoms with Crippen LogP contribution in [0.5, 0.6) is 11.5 Å². The highest BCUT2D eigenvalue weighted by atomic mass is 35.5. The first-order valence-corrected chi connectivity index (χ1v) is 7.95. The molecule has 0 unspecified atom stereocenters. The fourth-order valence-electron chi connectivity index (χ4n) is 2.39. The molecular formula is C19H16ClNO4. The van der Waals surface area contributed by atoms with Crippen LogP contribution in [0.1, 0.15) is 11.1 Å². The van der Waals surface area contributed by atoms with Gasteiger partial charge >= 0.3 is 5.97 Å². The van der Waals surface area contributed by atoms with Gasteiger partial charge in [0.1, 0.15) is 11.5 Å². The predicted molar refractivity (Wildman–Crippen MR) is 96.2 cm³/mol. The maximum absolute atomic E-state index is 12.1. The Bertz CT molecular complexity index is 856. The van der Waals surface area contributed by atoms with Gasteiger partial charge in [-0.3, -0.25) is 0 Å². The van der Waals surface area contributed by atoms with E-state index in [9.17, 15) is 4.79 Å². The van der Waals surface area contributed by atoms with Gasteiger partial charge in [0.05, 0.1) is 14.2 Å². The Morgan fingerprint density at radius 1 is 1.12 bits per heavy atom. The van der Waals surface area contributed by atoms with Crippen molar-refractivity contribution in [2.75, 3.05) is 14.2 Å². The maximum Gasteiger partial charge on any atom is 0.363 e. The van der Waals surface area contributed by atoms with Crippen molar-refractivity contribution in [2.45, 2.75) is 6.42 Å². The van der Waals surface area contributed by atoms with Crippen molar-refractivity contribution in [3.05, 3.63) is 64.3 Å². The molecule has 0 amide bonds. The molecule has 1 heterocycles. The third-order valence-electron chi connectivity index (χ3n) is 3.67. The number of hydrogen-bond donors (Lipinski definition) is 0. The number of cyclic esters (lactones) is 1. The van der Waals surface area contributed by atoms with E-state index in [2.05, 4.69) is 4.99 Å². The Hall–Kier alpha value is -2.79. The van der Waals surface area contributed by atoms with E-state index in [0.29, 0.717) is 34.4 Å². The second-order valence-corrected chi connectivity index (χ2v) is 5.77. The Morgan fingerprint density at radius 2 is 1.88 bits per heavy atom. The summed E-state index contributed by atoms with van der Waals surface area (Å²) in [7, 11) is 3.13. The Morgan fingerprint density at radius 3 is 2.56 bits per heavy atom. The molecule has 128 valence electrons. The smallest absolute Gasteiger partial charge is 0.363 e. The third kappa shape index (κ3) is 4.00. The van der Waals surface area contributed by atoms with Crippen LogP contribution in [0.3, 0.4) is 0 Å². The summed E-state index contributed by atoms with van der Waals surface area (Å²) in [5.41, 5.74) is 1.90. The van der Waals surface area contributed by atoms with Crippen LogP contribution in [-0.2, 0) is 16.0 Å².